The van der Waals surface area contributed by atoms with Crippen molar-refractivity contribution < 1.29 is 27.2 Å². The van der Waals surface area contributed by atoms with Crippen molar-refractivity contribution in [1.29, 1.82) is 0 Å². The minimum atomic E-state index is -3.83. The molecule has 2 fully saturated rings. The average molecular weight is 600 g/mol. The maximum atomic E-state index is 13.2. The van der Waals surface area contributed by atoms with E-state index in [9.17, 15) is 13.2 Å². The van der Waals surface area contributed by atoms with Gasteiger partial charge in [0, 0.05) is 45.0 Å². The molecule has 1 saturated heterocycles. The molecule has 1 amide bonds. The Hall–Kier alpha value is -3.51. The number of nitrogens with zero attached hydrogens (tertiary/aromatic N) is 4. The number of methoxy groups -OCH3 is 1. The van der Waals surface area contributed by atoms with Crippen LogP contribution in [0.1, 0.15) is 52.9 Å². The Kier molecular flexibility index (Phi) is 8.56. The zero-order valence-corrected chi connectivity index (χ0v) is 25.9. The van der Waals surface area contributed by atoms with Crippen LogP contribution in [0.3, 0.4) is 0 Å². The van der Waals surface area contributed by atoms with Gasteiger partial charge in [-0.2, -0.15) is 12.7 Å². The summed E-state index contributed by atoms with van der Waals surface area (Å²) in [4.78, 5) is 16.5. The van der Waals surface area contributed by atoms with Crippen LogP contribution in [-0.2, 0) is 14.9 Å². The first-order valence-electron chi connectivity index (χ1n) is 14.5. The highest BCUT2D eigenvalue weighted by Crippen LogP contribution is 2.38. The third kappa shape index (κ3) is 6.59. The Balaban J connectivity index is 1.34. The molecule has 0 atom stereocenters. The van der Waals surface area contributed by atoms with Gasteiger partial charge in [-0.3, -0.25) is 4.72 Å². The maximum Gasteiger partial charge on any atom is 0.410 e. The molecule has 0 spiro atoms. The molecule has 11 nitrogen and oxygen atoms in total. The molecule has 2 aromatic carbocycles. The normalized spacial score (nSPS) is 17.1. The molecule has 1 N–H and O–H groups in total. The topological polar surface area (TPSA) is 117 Å². The number of amides is 1. The van der Waals surface area contributed by atoms with Crippen LogP contribution in [0.2, 0.25) is 0 Å². The Morgan fingerprint density at radius 2 is 1.76 bits per heavy atom. The second-order valence-corrected chi connectivity index (χ2v) is 13.7. The first kappa shape index (κ1) is 30.0. The number of benzene rings is 2. The molecule has 1 saturated carbocycles. The molecule has 0 bridgehead atoms. The van der Waals surface area contributed by atoms with Gasteiger partial charge in [-0.25, -0.2) is 4.79 Å². The van der Waals surface area contributed by atoms with Gasteiger partial charge in [0.1, 0.15) is 16.7 Å². The van der Waals surface area contributed by atoms with E-state index in [1.54, 1.807) is 19.1 Å². The molecule has 12 heteroatoms. The van der Waals surface area contributed by atoms with Crippen LogP contribution in [0, 0.1) is 0 Å². The second-order valence-electron chi connectivity index (χ2n) is 12.0. The zero-order valence-electron chi connectivity index (χ0n) is 25.1. The van der Waals surface area contributed by atoms with Crippen molar-refractivity contribution >= 4 is 38.8 Å². The van der Waals surface area contributed by atoms with E-state index >= 15 is 0 Å². The summed E-state index contributed by atoms with van der Waals surface area (Å²) in [6.07, 6.45) is 4.60. The number of carbonyl (C=O) groups is 1. The lowest BCUT2D eigenvalue weighted by Crippen LogP contribution is -2.50. The van der Waals surface area contributed by atoms with E-state index in [4.69, 9.17) is 14.0 Å². The van der Waals surface area contributed by atoms with Gasteiger partial charge in [0.15, 0.2) is 11.4 Å². The summed E-state index contributed by atoms with van der Waals surface area (Å²) in [5, 5.41) is 4.53. The van der Waals surface area contributed by atoms with Gasteiger partial charge in [-0.05, 0) is 69.0 Å². The quantitative estimate of drug-likeness (QED) is 0.379. The van der Waals surface area contributed by atoms with Crippen LogP contribution in [0.5, 0.6) is 5.75 Å². The number of hydrogen-bond acceptors (Lipinski definition) is 8. The molecule has 2 aliphatic rings. The maximum absolute atomic E-state index is 13.2. The van der Waals surface area contributed by atoms with Gasteiger partial charge in [0.05, 0.1) is 7.11 Å². The van der Waals surface area contributed by atoms with Crippen molar-refractivity contribution in [2.24, 2.45) is 0 Å². The summed E-state index contributed by atoms with van der Waals surface area (Å²) in [6.45, 7) is 8.13. The second kappa shape index (κ2) is 12.0. The number of fused-ring (bicyclic) bond motifs is 1. The van der Waals surface area contributed by atoms with E-state index < -0.39 is 15.8 Å². The third-order valence-corrected chi connectivity index (χ3v) is 9.44. The number of hydrogen-bond donors (Lipinski definition) is 1. The van der Waals surface area contributed by atoms with Crippen LogP contribution in [0.15, 0.2) is 40.9 Å². The Labute approximate surface area is 247 Å². The number of nitrogens with one attached hydrogen (secondary N) is 1. The summed E-state index contributed by atoms with van der Waals surface area (Å²) < 4.78 is 47.2. The number of carbonyl (C=O) groups excluding carboxylic acids is 1. The van der Waals surface area contributed by atoms with Crippen LogP contribution >= 0.6 is 0 Å². The van der Waals surface area contributed by atoms with Gasteiger partial charge in [-0.1, -0.05) is 36.6 Å². The smallest absolute Gasteiger partial charge is 0.410 e. The minimum Gasteiger partial charge on any atom is -0.496 e. The van der Waals surface area contributed by atoms with Crippen LogP contribution in [0.25, 0.3) is 22.1 Å². The number of piperazine rings is 1. The number of aromatic nitrogens is 1. The van der Waals surface area contributed by atoms with Gasteiger partial charge in [-0.15, -0.1) is 0 Å². The highest BCUT2D eigenvalue weighted by Gasteiger charge is 2.30. The third-order valence-electron chi connectivity index (χ3n) is 7.93. The van der Waals surface area contributed by atoms with E-state index in [1.165, 1.54) is 4.31 Å². The molecule has 228 valence electrons. The Morgan fingerprint density at radius 3 is 2.43 bits per heavy atom. The van der Waals surface area contributed by atoms with E-state index in [0.29, 0.717) is 42.9 Å². The monoisotopic (exact) mass is 599 g/mol. The van der Waals surface area contributed by atoms with Crippen molar-refractivity contribution in [1.82, 2.24) is 14.4 Å². The summed E-state index contributed by atoms with van der Waals surface area (Å²) in [6, 6.07) is 11.8. The van der Waals surface area contributed by atoms with Crippen molar-refractivity contribution in [3.63, 3.8) is 0 Å². The molecule has 1 aromatic heterocycles. The lowest BCUT2D eigenvalue weighted by Gasteiger charge is -2.36. The van der Waals surface area contributed by atoms with Gasteiger partial charge in [0.2, 0.25) is 0 Å². The predicted octanol–water partition coefficient (Wildman–Crippen LogP) is 5.48. The number of rotatable bonds is 7. The van der Waals surface area contributed by atoms with E-state index in [-0.39, 0.29) is 18.0 Å². The van der Waals surface area contributed by atoms with Gasteiger partial charge < -0.3 is 23.8 Å². The standard InChI is InChI=1S/C30H41N5O6S/c1-30(2,3)40-29(36)35-16-14-34(15-17-35)24-13-9-10-21(18-24)22-19-25(39-5)27-26(20-22)41-31-28(27)32-42(37,38)33(4)23-11-7-6-8-12-23/h9-10,13,18-20,23H,6-8,11-12,14-17H2,1-5H3,(H,31,32). The van der Waals surface area contributed by atoms with Crippen molar-refractivity contribution in [3.05, 3.63) is 36.4 Å². The molecule has 42 heavy (non-hydrogen) atoms. The summed E-state index contributed by atoms with van der Waals surface area (Å²) >= 11 is 0. The molecule has 3 aromatic rings. The van der Waals surface area contributed by atoms with Crippen LogP contribution < -0.4 is 14.4 Å². The molecular formula is C30H41N5O6S. The first-order chi connectivity index (χ1) is 19.9. The fraction of sp³-hybridized carbons (Fsp3) is 0.533. The highest BCUT2D eigenvalue weighted by atomic mass is 32.2. The first-order valence-corrected chi connectivity index (χ1v) is 16.0. The zero-order chi connectivity index (χ0) is 30.1. The fourth-order valence-electron chi connectivity index (χ4n) is 5.62. The van der Waals surface area contributed by atoms with E-state index in [0.717, 1.165) is 48.9 Å². The number of ether oxygens (including phenoxy) is 2. The summed E-state index contributed by atoms with van der Waals surface area (Å²) in [5.74, 6) is 0.561. The Bertz CT molecular complexity index is 1520. The predicted molar refractivity (Wildman–Crippen MR) is 163 cm³/mol. The molecule has 0 unspecified atom stereocenters. The summed E-state index contributed by atoms with van der Waals surface area (Å²) in [7, 11) is -0.679. The molecular weight excluding hydrogens is 558 g/mol. The highest BCUT2D eigenvalue weighted by molar-refractivity contribution is 7.90. The summed E-state index contributed by atoms with van der Waals surface area (Å²) in [5.41, 5.74) is 2.71. The molecule has 5 rings (SSSR count). The van der Waals surface area contributed by atoms with Crippen LogP contribution in [-0.4, -0.2) is 80.9 Å². The van der Waals surface area contributed by atoms with Crippen LogP contribution in [0.4, 0.5) is 16.3 Å². The van der Waals surface area contributed by atoms with Gasteiger partial charge in [0.25, 0.3) is 0 Å². The largest absolute Gasteiger partial charge is 0.496 e. The SMILES string of the molecule is COc1cc(-c2cccc(N3CCN(C(=O)OC(C)(C)C)CC3)c2)cc2onc(NS(=O)(=O)N(C)C3CCCCC3)c12. The molecule has 1 aliphatic heterocycles. The van der Waals surface area contributed by atoms with Gasteiger partial charge >= 0.3 is 16.3 Å². The molecule has 0 radical (unpaired) electrons. The van der Waals surface area contributed by atoms with Crippen molar-refractivity contribution in [2.75, 3.05) is 50.0 Å². The van der Waals surface area contributed by atoms with Crippen molar-refractivity contribution in [3.8, 4) is 16.9 Å². The minimum absolute atomic E-state index is 0.0320. The lowest BCUT2D eigenvalue weighted by atomic mass is 9.96. The Morgan fingerprint density at radius 1 is 1.05 bits per heavy atom. The van der Waals surface area contributed by atoms with E-state index in [2.05, 4.69) is 20.8 Å². The molecule has 1 aliphatic carbocycles. The van der Waals surface area contributed by atoms with E-state index in [1.807, 2.05) is 51.1 Å². The van der Waals surface area contributed by atoms with Crippen molar-refractivity contribution in [2.45, 2.75) is 64.5 Å². The number of anilines is 2. The average Bonchev–Trinajstić information content (AvgIpc) is 3.38. The lowest BCUT2D eigenvalue weighted by molar-refractivity contribution is 0.0240. The fourth-order valence-corrected chi connectivity index (χ4v) is 6.75. The molecule has 2 heterocycles.